The van der Waals surface area contributed by atoms with Crippen molar-refractivity contribution in [2.24, 2.45) is 5.10 Å². The molecule has 1 saturated heterocycles. The van der Waals surface area contributed by atoms with Gasteiger partial charge in [-0.25, -0.2) is 18.2 Å². The maximum absolute atomic E-state index is 13.6. The SMILES string of the molecule is O=C(CN(c1ccc(F)cc1)S(=O)(=O)c1ccc2c(c1)OCCO2)N/N=C\c1ccc(OC2CSC2)cc1. The number of amides is 1. The Labute approximate surface area is 223 Å². The van der Waals surface area contributed by atoms with Gasteiger partial charge in [-0.3, -0.25) is 9.10 Å². The third kappa shape index (κ3) is 6.03. The molecule has 0 atom stereocenters. The van der Waals surface area contributed by atoms with E-state index in [4.69, 9.17) is 14.2 Å². The fraction of sp³-hybridized carbons (Fsp3) is 0.231. The van der Waals surface area contributed by atoms with E-state index in [0.717, 1.165) is 39.3 Å². The van der Waals surface area contributed by atoms with Gasteiger partial charge in [0.25, 0.3) is 15.9 Å². The molecule has 5 rings (SSSR count). The van der Waals surface area contributed by atoms with Crippen molar-refractivity contribution in [2.75, 3.05) is 35.6 Å². The second kappa shape index (κ2) is 11.3. The van der Waals surface area contributed by atoms with Crippen molar-refractivity contribution >= 4 is 39.6 Å². The Kier molecular flexibility index (Phi) is 7.70. The van der Waals surface area contributed by atoms with Crippen LogP contribution >= 0.6 is 11.8 Å². The van der Waals surface area contributed by atoms with Crippen LogP contribution in [0.15, 0.2) is 76.7 Å². The van der Waals surface area contributed by atoms with Gasteiger partial charge < -0.3 is 14.2 Å². The first-order valence-corrected chi connectivity index (χ1v) is 14.3. The number of carbonyl (C=O) groups is 1. The van der Waals surface area contributed by atoms with Gasteiger partial charge in [-0.05, 0) is 66.2 Å². The number of ether oxygens (including phenoxy) is 3. The minimum atomic E-state index is -4.24. The van der Waals surface area contributed by atoms with Gasteiger partial charge in [0.05, 0.1) is 16.8 Å². The molecule has 198 valence electrons. The highest BCUT2D eigenvalue weighted by Crippen LogP contribution is 2.34. The molecule has 2 aliphatic heterocycles. The van der Waals surface area contributed by atoms with Gasteiger partial charge in [-0.15, -0.1) is 0 Å². The quantitative estimate of drug-likeness (QED) is 0.317. The lowest BCUT2D eigenvalue weighted by Gasteiger charge is -2.25. The summed E-state index contributed by atoms with van der Waals surface area (Å²) >= 11 is 1.84. The second-order valence-corrected chi connectivity index (χ2v) is 11.4. The predicted molar refractivity (Wildman–Crippen MR) is 142 cm³/mol. The van der Waals surface area contributed by atoms with Crippen LogP contribution in [-0.4, -0.2) is 57.9 Å². The Morgan fingerprint density at radius 2 is 1.76 bits per heavy atom. The van der Waals surface area contributed by atoms with Crippen molar-refractivity contribution in [2.45, 2.75) is 11.0 Å². The number of hydrogen-bond acceptors (Lipinski definition) is 8. The van der Waals surface area contributed by atoms with Crippen LogP contribution in [0.25, 0.3) is 0 Å². The van der Waals surface area contributed by atoms with Crippen molar-refractivity contribution in [3.8, 4) is 17.2 Å². The fourth-order valence-electron chi connectivity index (χ4n) is 3.69. The van der Waals surface area contributed by atoms with Crippen LogP contribution in [0.4, 0.5) is 10.1 Å². The maximum Gasteiger partial charge on any atom is 0.264 e. The van der Waals surface area contributed by atoms with E-state index < -0.39 is 28.3 Å². The Bertz CT molecular complexity index is 1430. The third-order valence-electron chi connectivity index (χ3n) is 5.70. The van der Waals surface area contributed by atoms with Crippen molar-refractivity contribution in [1.82, 2.24) is 5.43 Å². The van der Waals surface area contributed by atoms with Gasteiger partial charge in [-0.2, -0.15) is 16.9 Å². The van der Waals surface area contributed by atoms with Crippen LogP contribution < -0.4 is 23.9 Å². The molecule has 9 nitrogen and oxygen atoms in total. The largest absolute Gasteiger partial charge is 0.489 e. The normalized spacial score (nSPS) is 15.1. The number of carbonyl (C=O) groups excluding carboxylic acids is 1. The van der Waals surface area contributed by atoms with Crippen LogP contribution in [0, 0.1) is 5.82 Å². The van der Waals surface area contributed by atoms with E-state index in [1.54, 1.807) is 12.1 Å². The summed E-state index contributed by atoms with van der Waals surface area (Å²) in [6.45, 7) is 0.0546. The number of nitrogens with zero attached hydrogens (tertiary/aromatic N) is 2. The summed E-state index contributed by atoms with van der Waals surface area (Å²) in [5.74, 6) is 2.21. The van der Waals surface area contributed by atoms with Gasteiger partial charge in [0.1, 0.15) is 37.4 Å². The monoisotopic (exact) mass is 557 g/mol. The Morgan fingerprint density at radius 1 is 1.05 bits per heavy atom. The van der Waals surface area contributed by atoms with Gasteiger partial charge in [0.15, 0.2) is 11.5 Å². The summed E-state index contributed by atoms with van der Waals surface area (Å²) in [4.78, 5) is 12.6. The van der Waals surface area contributed by atoms with Gasteiger partial charge in [0.2, 0.25) is 0 Å². The molecule has 2 heterocycles. The zero-order valence-electron chi connectivity index (χ0n) is 20.1. The standard InChI is InChI=1S/C26H24FN3O6S2/c27-19-3-5-20(6-4-19)30(38(32,33)23-9-10-24-25(13-23)35-12-11-34-24)15-26(31)29-28-14-18-1-7-21(8-2-18)36-22-16-37-17-22/h1-10,13-14,22H,11-12,15-17H2,(H,29,31)/b28-14-. The molecule has 2 aliphatic rings. The average Bonchev–Trinajstić information content (AvgIpc) is 2.90. The summed E-state index contributed by atoms with van der Waals surface area (Å²) in [5.41, 5.74) is 3.19. The van der Waals surface area contributed by atoms with E-state index in [2.05, 4.69) is 10.5 Å². The van der Waals surface area contributed by atoms with E-state index in [-0.39, 0.29) is 29.0 Å². The lowest BCUT2D eigenvalue weighted by atomic mass is 10.2. The zero-order chi connectivity index (χ0) is 26.5. The number of hydrazone groups is 1. The third-order valence-corrected chi connectivity index (χ3v) is 8.68. The molecule has 0 radical (unpaired) electrons. The van der Waals surface area contributed by atoms with E-state index >= 15 is 0 Å². The van der Waals surface area contributed by atoms with Gasteiger partial charge >= 0.3 is 0 Å². The molecule has 0 unspecified atom stereocenters. The molecule has 0 bridgehead atoms. The molecule has 0 saturated carbocycles. The minimum Gasteiger partial charge on any atom is -0.489 e. The van der Waals surface area contributed by atoms with Crippen LogP contribution in [0.5, 0.6) is 17.2 Å². The lowest BCUT2D eigenvalue weighted by molar-refractivity contribution is -0.119. The number of benzene rings is 3. The first-order valence-electron chi connectivity index (χ1n) is 11.7. The van der Waals surface area contributed by atoms with E-state index in [1.807, 2.05) is 23.9 Å². The smallest absolute Gasteiger partial charge is 0.264 e. The average molecular weight is 558 g/mol. The number of rotatable bonds is 9. The van der Waals surface area contributed by atoms with Gasteiger partial charge in [0, 0.05) is 17.6 Å². The number of hydrogen-bond donors (Lipinski definition) is 1. The maximum atomic E-state index is 13.6. The number of thioether (sulfide) groups is 1. The second-order valence-electron chi connectivity index (χ2n) is 8.43. The zero-order valence-corrected chi connectivity index (χ0v) is 21.7. The summed E-state index contributed by atoms with van der Waals surface area (Å²) in [7, 11) is -4.24. The summed E-state index contributed by atoms with van der Waals surface area (Å²) in [6.07, 6.45) is 1.68. The fourth-order valence-corrected chi connectivity index (χ4v) is 5.69. The Morgan fingerprint density at radius 3 is 2.45 bits per heavy atom. The number of anilines is 1. The van der Waals surface area contributed by atoms with Crippen LogP contribution in [0.3, 0.4) is 0 Å². The molecule has 1 N–H and O–H groups in total. The number of nitrogens with one attached hydrogen (secondary N) is 1. The van der Waals surface area contributed by atoms with Crippen molar-refractivity contribution < 1.29 is 31.8 Å². The molecule has 0 aliphatic carbocycles. The highest BCUT2D eigenvalue weighted by atomic mass is 32.2. The lowest BCUT2D eigenvalue weighted by Crippen LogP contribution is -2.39. The molecule has 12 heteroatoms. The van der Waals surface area contributed by atoms with Crippen LogP contribution in [-0.2, 0) is 14.8 Å². The highest BCUT2D eigenvalue weighted by Gasteiger charge is 2.29. The summed E-state index contributed by atoms with van der Waals surface area (Å²) in [5, 5.41) is 3.95. The van der Waals surface area contributed by atoms with Crippen LogP contribution in [0.2, 0.25) is 0 Å². The van der Waals surface area contributed by atoms with E-state index in [9.17, 15) is 17.6 Å². The van der Waals surface area contributed by atoms with Gasteiger partial charge in [-0.1, -0.05) is 0 Å². The Balaban J connectivity index is 1.30. The minimum absolute atomic E-state index is 0.106. The number of halogens is 1. The molecular formula is C26H24FN3O6S2. The Hall–Kier alpha value is -3.77. The molecular weight excluding hydrogens is 533 g/mol. The molecule has 38 heavy (non-hydrogen) atoms. The number of fused-ring (bicyclic) bond motifs is 1. The summed E-state index contributed by atoms with van der Waals surface area (Å²) < 4.78 is 58.4. The molecule has 0 spiro atoms. The molecule has 0 aromatic heterocycles. The molecule has 1 fully saturated rings. The first kappa shape index (κ1) is 25.9. The number of sulfonamides is 1. The van der Waals surface area contributed by atoms with E-state index in [1.165, 1.54) is 36.5 Å². The topological polar surface area (TPSA) is 107 Å². The van der Waals surface area contributed by atoms with Crippen molar-refractivity contribution in [3.63, 3.8) is 0 Å². The predicted octanol–water partition coefficient (Wildman–Crippen LogP) is 3.44. The van der Waals surface area contributed by atoms with Crippen molar-refractivity contribution in [3.05, 3.63) is 78.1 Å². The molecule has 1 amide bonds. The van der Waals surface area contributed by atoms with Crippen molar-refractivity contribution in [1.29, 1.82) is 0 Å². The first-order chi connectivity index (χ1) is 18.4. The van der Waals surface area contributed by atoms with Crippen LogP contribution in [0.1, 0.15) is 5.56 Å². The van der Waals surface area contributed by atoms with E-state index in [0.29, 0.717) is 12.4 Å². The summed E-state index contributed by atoms with van der Waals surface area (Å²) in [6, 6.07) is 16.3. The molecule has 3 aromatic carbocycles. The highest BCUT2D eigenvalue weighted by molar-refractivity contribution is 8.00. The molecule has 3 aromatic rings.